The van der Waals surface area contributed by atoms with E-state index in [0.717, 1.165) is 5.69 Å². The summed E-state index contributed by atoms with van der Waals surface area (Å²) in [4.78, 5) is 28.8. The van der Waals surface area contributed by atoms with Gasteiger partial charge in [-0.05, 0) is 24.3 Å². The summed E-state index contributed by atoms with van der Waals surface area (Å²) in [5.74, 6) is 0.806. The molecule has 0 saturated heterocycles. The maximum absolute atomic E-state index is 12.5. The van der Waals surface area contributed by atoms with Gasteiger partial charge in [-0.2, -0.15) is 0 Å². The van der Waals surface area contributed by atoms with Crippen molar-refractivity contribution in [2.24, 2.45) is 4.99 Å². The Bertz CT molecular complexity index is 882. The van der Waals surface area contributed by atoms with Gasteiger partial charge in [0.05, 0.1) is 6.42 Å². The van der Waals surface area contributed by atoms with Gasteiger partial charge in [0, 0.05) is 17.4 Å². The van der Waals surface area contributed by atoms with Gasteiger partial charge < -0.3 is 20.1 Å². The summed E-state index contributed by atoms with van der Waals surface area (Å²) >= 11 is 0. The van der Waals surface area contributed by atoms with Gasteiger partial charge in [-0.15, -0.1) is 0 Å². The number of ether oxygens (including phenoxy) is 2. The van der Waals surface area contributed by atoms with Crippen LogP contribution in [0.4, 0.5) is 11.4 Å². The molecule has 4 rings (SSSR count). The third-order valence-electron chi connectivity index (χ3n) is 3.90. The van der Waals surface area contributed by atoms with Gasteiger partial charge in [0.1, 0.15) is 6.04 Å². The minimum absolute atomic E-state index is 0.0175. The van der Waals surface area contributed by atoms with E-state index in [0.29, 0.717) is 17.2 Å². The smallest absolute Gasteiger partial charge is 0.249 e. The number of benzene rings is 2. The Balaban J connectivity index is 1.47. The highest BCUT2D eigenvalue weighted by molar-refractivity contribution is 6.10. The Kier molecular flexibility index (Phi) is 4.14. The molecule has 0 saturated carbocycles. The van der Waals surface area contributed by atoms with E-state index in [1.54, 1.807) is 18.2 Å². The van der Waals surface area contributed by atoms with Crippen LogP contribution < -0.4 is 25.4 Å². The summed E-state index contributed by atoms with van der Waals surface area (Å²) < 4.78 is 10.5. The monoisotopic (exact) mass is 352 g/mol. The number of aliphatic imine (C=N–C) groups is 1. The molecule has 2 heterocycles. The summed E-state index contributed by atoms with van der Waals surface area (Å²) in [6.45, 7) is 0.161. The van der Waals surface area contributed by atoms with Gasteiger partial charge in [-0.3, -0.25) is 14.9 Å². The number of rotatable bonds is 3. The molecule has 0 bridgehead atoms. The number of carbonyl (C=O) groups excluding carboxylic acids is 2. The lowest BCUT2D eigenvalue weighted by Gasteiger charge is -2.21. The van der Waals surface area contributed by atoms with Crippen molar-refractivity contribution in [1.82, 2.24) is 5.32 Å². The average Bonchev–Trinajstić information content (AvgIpc) is 3.10. The fraction of sp³-hybridized carbons (Fsp3) is 0.167. The van der Waals surface area contributed by atoms with Crippen LogP contribution in [0.3, 0.4) is 0 Å². The Labute approximate surface area is 149 Å². The molecule has 8 heteroatoms. The second kappa shape index (κ2) is 6.75. The van der Waals surface area contributed by atoms with Crippen molar-refractivity contribution in [3.63, 3.8) is 0 Å². The molecular weight excluding hydrogens is 336 g/mol. The molecule has 8 nitrogen and oxygen atoms in total. The van der Waals surface area contributed by atoms with E-state index in [1.807, 2.05) is 30.3 Å². The first-order valence-corrected chi connectivity index (χ1v) is 8.07. The number of hydrogen-bond donors (Lipinski definition) is 3. The molecule has 3 N–H and O–H groups in total. The van der Waals surface area contributed by atoms with E-state index in [1.165, 1.54) is 0 Å². The van der Waals surface area contributed by atoms with Crippen LogP contribution in [0.15, 0.2) is 53.5 Å². The zero-order valence-corrected chi connectivity index (χ0v) is 13.7. The van der Waals surface area contributed by atoms with Crippen LogP contribution in [0.5, 0.6) is 11.5 Å². The van der Waals surface area contributed by atoms with E-state index in [4.69, 9.17) is 9.47 Å². The average molecular weight is 352 g/mol. The Morgan fingerprint density at radius 1 is 1.08 bits per heavy atom. The van der Waals surface area contributed by atoms with Gasteiger partial charge in [0.2, 0.25) is 24.6 Å². The highest BCUT2D eigenvalue weighted by Gasteiger charge is 2.27. The second-order valence-electron chi connectivity index (χ2n) is 5.79. The molecule has 132 valence electrons. The lowest BCUT2D eigenvalue weighted by atomic mass is 10.1. The largest absolute Gasteiger partial charge is 0.454 e. The fourth-order valence-electron chi connectivity index (χ4n) is 2.67. The summed E-state index contributed by atoms with van der Waals surface area (Å²) in [5, 5.41) is 8.38. The molecule has 0 unspecified atom stereocenters. The maximum atomic E-state index is 12.5. The van der Waals surface area contributed by atoms with E-state index in [-0.39, 0.29) is 31.0 Å². The molecule has 2 aliphatic rings. The number of amides is 2. The van der Waals surface area contributed by atoms with Crippen LogP contribution in [-0.2, 0) is 9.59 Å². The van der Waals surface area contributed by atoms with Crippen LogP contribution in [0.2, 0.25) is 0 Å². The standard InChI is InChI=1S/C18H16N4O4/c23-16-9-13(21-18(22-16)20-11-4-2-1-3-5-11)17(24)19-12-6-7-14-15(8-12)26-10-25-14/h1-8,13H,9-10H2,(H,19,24)(H2,20,21,22,23)/t13-/m0/s1. The third-order valence-corrected chi connectivity index (χ3v) is 3.90. The highest BCUT2D eigenvalue weighted by atomic mass is 16.7. The molecule has 2 aromatic carbocycles. The zero-order valence-electron chi connectivity index (χ0n) is 13.7. The van der Waals surface area contributed by atoms with Crippen LogP contribution in [0.25, 0.3) is 0 Å². The number of guanidine groups is 1. The maximum Gasteiger partial charge on any atom is 0.249 e. The van der Waals surface area contributed by atoms with Gasteiger partial charge >= 0.3 is 0 Å². The number of fused-ring (bicyclic) bond motifs is 1. The number of para-hydroxylation sites is 1. The molecule has 1 atom stereocenters. The summed E-state index contributed by atoms with van der Waals surface area (Å²) in [7, 11) is 0. The Morgan fingerprint density at radius 3 is 2.73 bits per heavy atom. The third kappa shape index (κ3) is 3.44. The Hall–Kier alpha value is -3.55. The molecule has 0 fully saturated rings. The van der Waals surface area contributed by atoms with Gasteiger partial charge in [-0.25, -0.2) is 4.99 Å². The first-order chi connectivity index (χ1) is 12.7. The molecule has 2 amide bonds. The van der Waals surface area contributed by atoms with Crippen molar-refractivity contribution in [3.8, 4) is 11.5 Å². The molecule has 2 aromatic rings. The molecule has 0 aliphatic carbocycles. The molecule has 0 aromatic heterocycles. The van der Waals surface area contributed by atoms with Crippen LogP contribution in [-0.4, -0.2) is 30.6 Å². The molecule has 0 spiro atoms. The topological polar surface area (TPSA) is 101 Å². The molecular formula is C18H16N4O4. The molecule has 0 radical (unpaired) electrons. The first kappa shape index (κ1) is 15.9. The zero-order chi connectivity index (χ0) is 17.9. The van der Waals surface area contributed by atoms with Crippen LogP contribution in [0.1, 0.15) is 6.42 Å². The van der Waals surface area contributed by atoms with Gasteiger partial charge in [0.15, 0.2) is 11.5 Å². The van der Waals surface area contributed by atoms with Crippen molar-refractivity contribution in [3.05, 3.63) is 48.5 Å². The van der Waals surface area contributed by atoms with E-state index in [9.17, 15) is 9.59 Å². The number of nitrogens with one attached hydrogen (secondary N) is 3. The number of carbonyl (C=O) groups is 2. The SMILES string of the molecule is O=C1C[C@@H](C(=O)Nc2ccc3c(c2)OCO3)N=C(Nc2ccccc2)N1. The predicted molar refractivity (Wildman–Crippen MR) is 95.2 cm³/mol. The van der Waals surface area contributed by atoms with Crippen LogP contribution >= 0.6 is 0 Å². The number of hydrogen-bond acceptors (Lipinski definition) is 6. The minimum atomic E-state index is -0.819. The van der Waals surface area contributed by atoms with Crippen molar-refractivity contribution in [2.45, 2.75) is 12.5 Å². The number of anilines is 2. The fourth-order valence-corrected chi connectivity index (χ4v) is 2.67. The van der Waals surface area contributed by atoms with Gasteiger partial charge in [-0.1, -0.05) is 18.2 Å². The van der Waals surface area contributed by atoms with Crippen molar-refractivity contribution in [2.75, 3.05) is 17.4 Å². The second-order valence-corrected chi connectivity index (χ2v) is 5.79. The van der Waals surface area contributed by atoms with Crippen molar-refractivity contribution < 1.29 is 19.1 Å². The number of nitrogens with zero attached hydrogens (tertiary/aromatic N) is 1. The summed E-state index contributed by atoms with van der Waals surface area (Å²) in [6, 6.07) is 13.6. The van der Waals surface area contributed by atoms with Crippen LogP contribution in [0, 0.1) is 0 Å². The molecule has 26 heavy (non-hydrogen) atoms. The predicted octanol–water partition coefficient (Wildman–Crippen LogP) is 1.71. The quantitative estimate of drug-likeness (QED) is 0.781. The lowest BCUT2D eigenvalue weighted by molar-refractivity contribution is -0.124. The first-order valence-electron chi connectivity index (χ1n) is 8.07. The van der Waals surface area contributed by atoms with E-state index < -0.39 is 6.04 Å². The highest BCUT2D eigenvalue weighted by Crippen LogP contribution is 2.34. The summed E-state index contributed by atoms with van der Waals surface area (Å²) in [5.41, 5.74) is 1.32. The lowest BCUT2D eigenvalue weighted by Crippen LogP contribution is -2.45. The van der Waals surface area contributed by atoms with E-state index in [2.05, 4.69) is 20.9 Å². The van der Waals surface area contributed by atoms with E-state index >= 15 is 0 Å². The normalized spacial score (nSPS) is 17.9. The Morgan fingerprint density at radius 2 is 1.88 bits per heavy atom. The molecule has 2 aliphatic heterocycles. The van der Waals surface area contributed by atoms with Crippen molar-refractivity contribution in [1.29, 1.82) is 0 Å². The summed E-state index contributed by atoms with van der Waals surface area (Å²) in [6.07, 6.45) is -0.0175. The van der Waals surface area contributed by atoms with Crippen molar-refractivity contribution >= 4 is 29.1 Å². The minimum Gasteiger partial charge on any atom is -0.454 e. The van der Waals surface area contributed by atoms with Gasteiger partial charge in [0.25, 0.3) is 0 Å².